The Kier molecular flexibility index (Phi) is 4.31. The first-order valence-corrected chi connectivity index (χ1v) is 7.09. The van der Waals surface area contributed by atoms with E-state index in [1.54, 1.807) is 0 Å². The molecule has 0 unspecified atom stereocenters. The standard InChI is InChI=1S/C12H21N2OP/c1-11(12-9-7-6-8-10-12)16(15,13(2)3)14(4)5/h6-11H,1-5H3/t11-/m1/s1. The van der Waals surface area contributed by atoms with Crippen LogP contribution in [0.4, 0.5) is 0 Å². The molecule has 0 fully saturated rings. The molecule has 0 saturated carbocycles. The Morgan fingerprint density at radius 1 is 1.00 bits per heavy atom. The summed E-state index contributed by atoms with van der Waals surface area (Å²) >= 11 is 0. The summed E-state index contributed by atoms with van der Waals surface area (Å²) in [6.45, 7) is 2.02. The van der Waals surface area contributed by atoms with E-state index in [1.807, 2.05) is 74.8 Å². The summed E-state index contributed by atoms with van der Waals surface area (Å²) in [7, 11) is 4.99. The maximum Gasteiger partial charge on any atom is 0.222 e. The molecule has 1 atom stereocenters. The maximum atomic E-state index is 13.0. The van der Waals surface area contributed by atoms with Gasteiger partial charge in [0.05, 0.1) is 5.66 Å². The van der Waals surface area contributed by atoms with Crippen molar-refractivity contribution < 1.29 is 4.57 Å². The molecule has 0 aromatic heterocycles. The third kappa shape index (κ3) is 2.37. The van der Waals surface area contributed by atoms with Gasteiger partial charge in [0.1, 0.15) is 0 Å². The van der Waals surface area contributed by atoms with E-state index in [1.165, 1.54) is 0 Å². The molecule has 0 aliphatic rings. The van der Waals surface area contributed by atoms with Crippen molar-refractivity contribution in [1.29, 1.82) is 0 Å². The van der Waals surface area contributed by atoms with Gasteiger partial charge in [-0.05, 0) is 40.7 Å². The highest BCUT2D eigenvalue weighted by Gasteiger charge is 2.35. The monoisotopic (exact) mass is 240 g/mol. The lowest BCUT2D eigenvalue weighted by molar-refractivity contribution is 0.437. The largest absolute Gasteiger partial charge is 0.288 e. The van der Waals surface area contributed by atoms with Crippen molar-refractivity contribution in [3.05, 3.63) is 35.9 Å². The quantitative estimate of drug-likeness (QED) is 0.756. The number of hydrogen-bond acceptors (Lipinski definition) is 1. The number of rotatable bonds is 4. The second-order valence-electron chi connectivity index (χ2n) is 4.37. The SMILES string of the molecule is C[C@H](c1ccccc1)P(=O)(N(C)C)N(C)C. The molecular formula is C12H21N2OP. The molecule has 0 spiro atoms. The minimum atomic E-state index is -2.51. The summed E-state index contributed by atoms with van der Waals surface area (Å²) < 4.78 is 16.6. The first-order chi connectivity index (χ1) is 7.40. The lowest BCUT2D eigenvalue weighted by Crippen LogP contribution is -2.24. The van der Waals surface area contributed by atoms with E-state index in [0.29, 0.717) is 0 Å². The van der Waals surface area contributed by atoms with Crippen LogP contribution in [0.1, 0.15) is 18.1 Å². The fourth-order valence-electron chi connectivity index (χ4n) is 1.98. The second-order valence-corrected chi connectivity index (χ2v) is 7.92. The maximum absolute atomic E-state index is 13.0. The zero-order chi connectivity index (χ0) is 12.3. The zero-order valence-corrected chi connectivity index (χ0v) is 11.6. The molecule has 16 heavy (non-hydrogen) atoms. The smallest absolute Gasteiger partial charge is 0.222 e. The summed E-state index contributed by atoms with van der Waals surface area (Å²) in [6.07, 6.45) is 0. The van der Waals surface area contributed by atoms with Gasteiger partial charge in [0.2, 0.25) is 7.44 Å². The third-order valence-corrected chi connectivity index (χ3v) is 6.53. The molecule has 0 amide bonds. The van der Waals surface area contributed by atoms with Crippen molar-refractivity contribution in [1.82, 2.24) is 9.34 Å². The van der Waals surface area contributed by atoms with Crippen LogP contribution in [-0.4, -0.2) is 37.5 Å². The van der Waals surface area contributed by atoms with Crippen molar-refractivity contribution in [3.63, 3.8) is 0 Å². The Hall–Kier alpha value is -0.630. The van der Waals surface area contributed by atoms with Crippen LogP contribution >= 0.6 is 7.44 Å². The Labute approximate surface area is 98.5 Å². The highest BCUT2D eigenvalue weighted by atomic mass is 31.2. The second kappa shape index (κ2) is 5.13. The average Bonchev–Trinajstić information content (AvgIpc) is 2.27. The Bertz CT molecular complexity index is 364. The van der Waals surface area contributed by atoms with Gasteiger partial charge < -0.3 is 0 Å². The predicted molar refractivity (Wildman–Crippen MR) is 69.8 cm³/mol. The molecule has 1 aromatic rings. The van der Waals surface area contributed by atoms with Crippen molar-refractivity contribution in [2.45, 2.75) is 12.6 Å². The third-order valence-electron chi connectivity index (χ3n) is 2.93. The average molecular weight is 240 g/mol. The molecule has 0 heterocycles. The Balaban J connectivity index is 3.12. The van der Waals surface area contributed by atoms with Gasteiger partial charge >= 0.3 is 0 Å². The van der Waals surface area contributed by atoms with Gasteiger partial charge in [-0.3, -0.25) is 4.57 Å². The number of nitrogens with zero attached hydrogens (tertiary/aromatic N) is 2. The molecule has 3 nitrogen and oxygen atoms in total. The van der Waals surface area contributed by atoms with Crippen molar-refractivity contribution >= 4 is 7.44 Å². The lowest BCUT2D eigenvalue weighted by atomic mass is 10.2. The highest BCUT2D eigenvalue weighted by Crippen LogP contribution is 2.61. The summed E-state index contributed by atoms with van der Waals surface area (Å²) in [6, 6.07) is 10.0. The highest BCUT2D eigenvalue weighted by molar-refractivity contribution is 7.59. The van der Waals surface area contributed by atoms with Gasteiger partial charge in [-0.15, -0.1) is 0 Å². The fraction of sp³-hybridized carbons (Fsp3) is 0.500. The van der Waals surface area contributed by atoms with Crippen molar-refractivity contribution in [3.8, 4) is 0 Å². The Morgan fingerprint density at radius 3 is 1.81 bits per heavy atom. The molecule has 4 heteroatoms. The molecule has 0 radical (unpaired) electrons. The summed E-state index contributed by atoms with van der Waals surface area (Å²) in [5.41, 5.74) is 1.13. The van der Waals surface area contributed by atoms with Crippen LogP contribution in [0.25, 0.3) is 0 Å². The zero-order valence-electron chi connectivity index (χ0n) is 10.7. The van der Waals surface area contributed by atoms with Crippen LogP contribution < -0.4 is 0 Å². The topological polar surface area (TPSA) is 23.6 Å². The first kappa shape index (κ1) is 13.4. The van der Waals surface area contributed by atoms with Crippen LogP contribution in [0.5, 0.6) is 0 Å². The van der Waals surface area contributed by atoms with E-state index >= 15 is 0 Å². The summed E-state index contributed by atoms with van der Waals surface area (Å²) in [5.74, 6) is 0. The molecule has 0 saturated heterocycles. The van der Waals surface area contributed by atoms with Crippen LogP contribution in [0, 0.1) is 0 Å². The van der Waals surface area contributed by atoms with Gasteiger partial charge in [-0.2, -0.15) is 0 Å². The van der Waals surface area contributed by atoms with Crippen LogP contribution in [0.2, 0.25) is 0 Å². The van der Waals surface area contributed by atoms with Crippen molar-refractivity contribution in [2.75, 3.05) is 28.2 Å². The molecule has 1 rings (SSSR count). The normalized spacial score (nSPS) is 14.4. The van der Waals surface area contributed by atoms with Gasteiger partial charge in [0.25, 0.3) is 0 Å². The first-order valence-electron chi connectivity index (χ1n) is 5.41. The summed E-state index contributed by atoms with van der Waals surface area (Å²) in [5, 5.41) is 0. The molecule has 0 aliphatic carbocycles. The van der Waals surface area contributed by atoms with Crippen LogP contribution in [0.3, 0.4) is 0 Å². The molecular weight excluding hydrogens is 219 g/mol. The van der Waals surface area contributed by atoms with Crippen LogP contribution in [0.15, 0.2) is 30.3 Å². The van der Waals surface area contributed by atoms with Crippen molar-refractivity contribution in [2.24, 2.45) is 0 Å². The minimum Gasteiger partial charge on any atom is -0.288 e. The summed E-state index contributed by atoms with van der Waals surface area (Å²) in [4.78, 5) is 0. The van der Waals surface area contributed by atoms with Crippen LogP contribution in [-0.2, 0) is 4.57 Å². The predicted octanol–water partition coefficient (Wildman–Crippen LogP) is 3.06. The van der Waals surface area contributed by atoms with Gasteiger partial charge in [0.15, 0.2) is 0 Å². The number of benzene rings is 1. The molecule has 0 bridgehead atoms. The minimum absolute atomic E-state index is 0.0127. The van der Waals surface area contributed by atoms with E-state index in [9.17, 15) is 4.57 Å². The Morgan fingerprint density at radius 2 is 1.44 bits per heavy atom. The van der Waals surface area contributed by atoms with E-state index < -0.39 is 7.44 Å². The van der Waals surface area contributed by atoms with Gasteiger partial charge in [0, 0.05) is 0 Å². The number of hydrogen-bond donors (Lipinski definition) is 0. The molecule has 1 aromatic carbocycles. The lowest BCUT2D eigenvalue weighted by Gasteiger charge is -2.35. The van der Waals surface area contributed by atoms with Gasteiger partial charge in [-0.25, -0.2) is 9.34 Å². The fourth-order valence-corrected chi connectivity index (χ4v) is 4.64. The molecule has 0 aliphatic heterocycles. The van der Waals surface area contributed by atoms with E-state index in [4.69, 9.17) is 0 Å². The van der Waals surface area contributed by atoms with Gasteiger partial charge in [-0.1, -0.05) is 30.3 Å². The van der Waals surface area contributed by atoms with E-state index in [0.717, 1.165) is 5.56 Å². The molecule has 90 valence electrons. The van der Waals surface area contributed by atoms with E-state index in [-0.39, 0.29) is 5.66 Å². The molecule has 0 N–H and O–H groups in total. The van der Waals surface area contributed by atoms with E-state index in [2.05, 4.69) is 0 Å².